The highest BCUT2D eigenvalue weighted by Crippen LogP contribution is 2.34. The zero-order valence-electron chi connectivity index (χ0n) is 10.7. The highest BCUT2D eigenvalue weighted by Gasteiger charge is 2.13. The number of nitrogens with two attached hydrogens (primary N) is 1. The molecule has 20 heavy (non-hydrogen) atoms. The van der Waals surface area contributed by atoms with Crippen molar-refractivity contribution in [3.8, 4) is 0 Å². The molecule has 0 amide bonds. The molecular formula is C13H12FN5S. The molecule has 5 nitrogen and oxygen atoms in total. The summed E-state index contributed by atoms with van der Waals surface area (Å²) in [5.74, 6) is -0.295. The number of H-pyrrole nitrogens is 1. The summed E-state index contributed by atoms with van der Waals surface area (Å²) >= 11 is 1.42. The minimum atomic E-state index is -0.295. The van der Waals surface area contributed by atoms with Crippen LogP contribution in [0.2, 0.25) is 0 Å². The summed E-state index contributed by atoms with van der Waals surface area (Å²) in [5.41, 5.74) is 8.01. The summed E-state index contributed by atoms with van der Waals surface area (Å²) < 4.78 is 13.3. The maximum Gasteiger partial charge on any atom is 0.181 e. The van der Waals surface area contributed by atoms with Crippen LogP contribution in [0.25, 0.3) is 11.2 Å². The van der Waals surface area contributed by atoms with E-state index in [1.54, 1.807) is 12.4 Å². The van der Waals surface area contributed by atoms with E-state index in [2.05, 4.69) is 19.9 Å². The van der Waals surface area contributed by atoms with Gasteiger partial charge in [0.2, 0.25) is 0 Å². The van der Waals surface area contributed by atoms with Crippen molar-refractivity contribution < 1.29 is 4.39 Å². The number of imidazole rings is 1. The molecule has 0 saturated carbocycles. The maximum atomic E-state index is 13.3. The van der Waals surface area contributed by atoms with Crippen LogP contribution >= 0.6 is 11.8 Å². The fraction of sp³-hybridized carbons (Fsp3) is 0.154. The lowest BCUT2D eigenvalue weighted by molar-refractivity contribution is 0.619. The first-order valence-corrected chi connectivity index (χ1v) is 6.84. The molecule has 0 spiro atoms. The Morgan fingerprint density at radius 1 is 1.30 bits per heavy atom. The molecule has 0 aliphatic heterocycles. The van der Waals surface area contributed by atoms with Crippen molar-refractivity contribution in [2.75, 3.05) is 0 Å². The molecule has 0 aliphatic carbocycles. The molecule has 0 unspecified atom stereocenters. The average molecular weight is 289 g/mol. The van der Waals surface area contributed by atoms with E-state index in [0.29, 0.717) is 5.65 Å². The maximum absolute atomic E-state index is 13.3. The number of hydrogen-bond donors (Lipinski definition) is 2. The van der Waals surface area contributed by atoms with Crippen molar-refractivity contribution in [2.24, 2.45) is 5.73 Å². The van der Waals surface area contributed by atoms with Crippen LogP contribution in [0, 0.1) is 5.82 Å². The third-order valence-corrected chi connectivity index (χ3v) is 3.95. The Labute approximate surface area is 118 Å². The third-order valence-electron chi connectivity index (χ3n) is 2.86. The summed E-state index contributed by atoms with van der Waals surface area (Å²) in [6.07, 6.45) is 3.03. The normalized spacial score (nSPS) is 12.8. The van der Waals surface area contributed by atoms with Crippen molar-refractivity contribution in [2.45, 2.75) is 22.9 Å². The SMILES string of the molecule is C[C@@H](N)c1cc(F)ccc1Sc1ncnc2nc[nH]c12. The van der Waals surface area contributed by atoms with E-state index in [9.17, 15) is 4.39 Å². The third kappa shape index (κ3) is 2.37. The Kier molecular flexibility index (Phi) is 3.37. The summed E-state index contributed by atoms with van der Waals surface area (Å²) in [4.78, 5) is 16.3. The fourth-order valence-corrected chi connectivity index (χ4v) is 2.95. The van der Waals surface area contributed by atoms with E-state index in [4.69, 9.17) is 5.73 Å². The monoisotopic (exact) mass is 289 g/mol. The Morgan fingerprint density at radius 3 is 2.95 bits per heavy atom. The Bertz CT molecular complexity index is 755. The first-order chi connectivity index (χ1) is 9.65. The van der Waals surface area contributed by atoms with Crippen molar-refractivity contribution in [1.82, 2.24) is 19.9 Å². The molecule has 0 bridgehead atoms. The number of halogens is 1. The minimum Gasteiger partial charge on any atom is -0.341 e. The topological polar surface area (TPSA) is 80.5 Å². The van der Waals surface area contributed by atoms with Gasteiger partial charge in [0.15, 0.2) is 5.65 Å². The first kappa shape index (κ1) is 13.0. The Morgan fingerprint density at radius 2 is 2.15 bits per heavy atom. The molecule has 0 radical (unpaired) electrons. The van der Waals surface area contributed by atoms with Gasteiger partial charge in [-0.15, -0.1) is 0 Å². The van der Waals surface area contributed by atoms with Crippen molar-refractivity contribution in [3.63, 3.8) is 0 Å². The number of nitrogens with one attached hydrogen (secondary N) is 1. The van der Waals surface area contributed by atoms with Crippen molar-refractivity contribution >= 4 is 22.9 Å². The van der Waals surface area contributed by atoms with Crippen molar-refractivity contribution in [3.05, 3.63) is 42.2 Å². The molecule has 7 heteroatoms. The van der Waals surface area contributed by atoms with Crippen LogP contribution in [-0.2, 0) is 0 Å². The standard InChI is InChI=1S/C13H12FN5S/c1-7(15)9-4-8(14)2-3-10(9)20-13-11-12(17-5-16-11)18-6-19-13/h2-7H,15H2,1H3,(H,16,17,18,19)/t7-/m1/s1. The second-order valence-electron chi connectivity index (χ2n) is 4.35. The fourth-order valence-electron chi connectivity index (χ4n) is 1.89. The lowest BCUT2D eigenvalue weighted by atomic mass is 10.1. The van der Waals surface area contributed by atoms with E-state index in [1.807, 2.05) is 6.92 Å². The molecule has 2 heterocycles. The van der Waals surface area contributed by atoms with Crippen LogP contribution in [0.3, 0.4) is 0 Å². The van der Waals surface area contributed by atoms with E-state index in [-0.39, 0.29) is 11.9 Å². The predicted octanol–water partition coefficient (Wildman–Crippen LogP) is 2.66. The van der Waals surface area contributed by atoms with Crippen LogP contribution in [0.5, 0.6) is 0 Å². The van der Waals surface area contributed by atoms with Gasteiger partial charge in [-0.1, -0.05) is 11.8 Å². The summed E-state index contributed by atoms with van der Waals surface area (Å²) in [5, 5.41) is 0.737. The van der Waals surface area contributed by atoms with Gasteiger partial charge in [0, 0.05) is 10.9 Å². The number of aromatic amines is 1. The second-order valence-corrected chi connectivity index (χ2v) is 5.38. The number of benzene rings is 1. The lowest BCUT2D eigenvalue weighted by Crippen LogP contribution is -2.07. The molecule has 0 fully saturated rings. The van der Waals surface area contributed by atoms with Crippen LogP contribution in [-0.4, -0.2) is 19.9 Å². The number of fused-ring (bicyclic) bond motifs is 1. The van der Waals surface area contributed by atoms with Crippen LogP contribution < -0.4 is 5.73 Å². The second kappa shape index (κ2) is 5.18. The van der Waals surface area contributed by atoms with E-state index >= 15 is 0 Å². The van der Waals surface area contributed by atoms with Gasteiger partial charge in [0.05, 0.1) is 6.33 Å². The zero-order valence-corrected chi connectivity index (χ0v) is 11.5. The first-order valence-electron chi connectivity index (χ1n) is 6.02. The van der Waals surface area contributed by atoms with Crippen molar-refractivity contribution in [1.29, 1.82) is 0 Å². The minimum absolute atomic E-state index is 0.257. The van der Waals surface area contributed by atoms with E-state index in [0.717, 1.165) is 21.0 Å². The molecular weight excluding hydrogens is 277 g/mol. The molecule has 1 aromatic carbocycles. The quantitative estimate of drug-likeness (QED) is 0.724. The van der Waals surface area contributed by atoms with E-state index < -0.39 is 0 Å². The highest BCUT2D eigenvalue weighted by atomic mass is 32.2. The molecule has 3 N–H and O–H groups in total. The van der Waals surface area contributed by atoms with E-state index in [1.165, 1.54) is 30.2 Å². The molecule has 0 aliphatic rings. The number of rotatable bonds is 3. The van der Waals surface area contributed by atoms with Gasteiger partial charge in [-0.3, -0.25) is 0 Å². The molecule has 3 aromatic rings. The van der Waals surface area contributed by atoms with Gasteiger partial charge in [0.1, 0.15) is 22.7 Å². The van der Waals surface area contributed by atoms with Gasteiger partial charge in [-0.05, 0) is 30.7 Å². The van der Waals surface area contributed by atoms with Gasteiger partial charge >= 0.3 is 0 Å². The van der Waals surface area contributed by atoms with Crippen LogP contribution in [0.1, 0.15) is 18.5 Å². The number of nitrogens with zero attached hydrogens (tertiary/aromatic N) is 3. The predicted molar refractivity (Wildman–Crippen MR) is 74.8 cm³/mol. The average Bonchev–Trinajstić information content (AvgIpc) is 2.90. The molecule has 2 aromatic heterocycles. The summed E-state index contributed by atoms with van der Waals surface area (Å²) in [6.45, 7) is 1.82. The van der Waals surface area contributed by atoms with Gasteiger partial charge in [-0.2, -0.15) is 0 Å². The smallest absolute Gasteiger partial charge is 0.181 e. The van der Waals surface area contributed by atoms with Gasteiger partial charge in [0.25, 0.3) is 0 Å². The molecule has 0 saturated heterocycles. The number of aromatic nitrogens is 4. The highest BCUT2D eigenvalue weighted by molar-refractivity contribution is 7.99. The molecule has 102 valence electrons. The Balaban J connectivity index is 2.05. The summed E-state index contributed by atoms with van der Waals surface area (Å²) in [6, 6.07) is 4.33. The summed E-state index contributed by atoms with van der Waals surface area (Å²) in [7, 11) is 0. The number of hydrogen-bond acceptors (Lipinski definition) is 5. The molecule has 3 rings (SSSR count). The van der Waals surface area contributed by atoms with Crippen LogP contribution in [0.4, 0.5) is 4.39 Å². The Hall–Kier alpha value is -1.99. The molecule has 1 atom stereocenters. The van der Waals surface area contributed by atoms with Crippen LogP contribution in [0.15, 0.2) is 40.8 Å². The largest absolute Gasteiger partial charge is 0.341 e. The zero-order chi connectivity index (χ0) is 14.1. The lowest BCUT2D eigenvalue weighted by Gasteiger charge is -2.12. The van der Waals surface area contributed by atoms with Gasteiger partial charge < -0.3 is 10.7 Å². The van der Waals surface area contributed by atoms with Gasteiger partial charge in [-0.25, -0.2) is 19.3 Å².